The van der Waals surface area contributed by atoms with E-state index in [1.807, 2.05) is 0 Å². The average molecular weight is 442 g/mol. The van der Waals surface area contributed by atoms with Crippen LogP contribution in [0.15, 0.2) is 29.5 Å². The summed E-state index contributed by atoms with van der Waals surface area (Å²) in [7, 11) is 4.14. The van der Waals surface area contributed by atoms with Gasteiger partial charge in [0, 0.05) is 6.08 Å². The third kappa shape index (κ3) is 20.0. The SMILES string of the molecule is CCCCCC(O)/C=C/C=N\OCC[N+](C)(C)CC/[N+](O)=C/C=C/C(O)CCCCC. The van der Waals surface area contributed by atoms with Crippen molar-refractivity contribution in [3.63, 3.8) is 0 Å². The Balaban J connectivity index is 4.03. The van der Waals surface area contributed by atoms with Crippen molar-refractivity contribution < 1.29 is 29.5 Å². The van der Waals surface area contributed by atoms with E-state index in [0.29, 0.717) is 17.6 Å². The van der Waals surface area contributed by atoms with Gasteiger partial charge in [0.15, 0.2) is 6.61 Å². The van der Waals surface area contributed by atoms with Gasteiger partial charge in [-0.25, -0.2) is 0 Å². The Kier molecular flexibility index (Phi) is 18.0. The standard InChI is InChI=1S/C24H47N3O4/c1-5-7-9-13-23(28)15-11-17-25-31-22-21-27(3,4)20-19-26(30)18-12-16-24(29)14-10-8-6-2/h11-12,15-18,23-24,28-30H,5-10,13-14,19-22H2,1-4H3/q+2/b15-11+,16-12+,25-17-,26-18-. The number of hydroxylamine groups is 1. The van der Waals surface area contributed by atoms with Crippen molar-refractivity contribution >= 4 is 12.4 Å². The van der Waals surface area contributed by atoms with Crippen molar-refractivity contribution in [1.82, 2.24) is 0 Å². The summed E-state index contributed by atoms with van der Waals surface area (Å²) in [6.07, 6.45) is 17.2. The van der Waals surface area contributed by atoms with Crippen LogP contribution in [0.4, 0.5) is 0 Å². The highest BCUT2D eigenvalue weighted by atomic mass is 16.6. The molecule has 2 unspecified atom stereocenters. The smallest absolute Gasteiger partial charge is 0.241 e. The summed E-state index contributed by atoms with van der Waals surface area (Å²) in [5, 5.41) is 33.5. The molecular formula is C24H47N3O4+2. The topological polar surface area (TPSA) is 85.3 Å². The van der Waals surface area contributed by atoms with E-state index in [1.165, 1.54) is 0 Å². The molecule has 0 radical (unpaired) electrons. The maximum absolute atomic E-state index is 9.97. The third-order valence-corrected chi connectivity index (χ3v) is 5.08. The third-order valence-electron chi connectivity index (χ3n) is 5.08. The van der Waals surface area contributed by atoms with Crippen LogP contribution in [0.2, 0.25) is 0 Å². The maximum atomic E-state index is 9.97. The minimum absolute atomic E-state index is 0.425. The summed E-state index contributed by atoms with van der Waals surface area (Å²) >= 11 is 0. The van der Waals surface area contributed by atoms with Crippen LogP contribution in [-0.2, 0) is 4.84 Å². The lowest BCUT2D eigenvalue weighted by molar-refractivity contribution is -0.910. The summed E-state index contributed by atoms with van der Waals surface area (Å²) in [4.78, 5) is 5.29. The lowest BCUT2D eigenvalue weighted by Crippen LogP contribution is -2.45. The van der Waals surface area contributed by atoms with E-state index in [1.54, 1.807) is 36.7 Å². The van der Waals surface area contributed by atoms with E-state index < -0.39 is 12.2 Å². The van der Waals surface area contributed by atoms with Gasteiger partial charge in [-0.15, -0.1) is 0 Å². The molecule has 31 heavy (non-hydrogen) atoms. The molecule has 0 bridgehead atoms. The van der Waals surface area contributed by atoms with Gasteiger partial charge in [-0.1, -0.05) is 69.7 Å². The molecule has 0 aliphatic heterocycles. The van der Waals surface area contributed by atoms with Crippen LogP contribution in [0.5, 0.6) is 0 Å². The zero-order chi connectivity index (χ0) is 23.4. The first-order chi connectivity index (χ1) is 14.8. The number of unbranched alkanes of at least 4 members (excludes halogenated alkanes) is 4. The number of nitrogens with zero attached hydrogens (tertiary/aromatic N) is 3. The fraction of sp³-hybridized carbons (Fsp3) is 0.750. The van der Waals surface area contributed by atoms with Crippen LogP contribution in [0.3, 0.4) is 0 Å². The number of likely N-dealkylation sites (N-methyl/N-ethyl adjacent to an activating group) is 1. The second-order valence-electron chi connectivity index (χ2n) is 8.68. The Morgan fingerprint density at radius 3 is 2.06 bits per heavy atom. The lowest BCUT2D eigenvalue weighted by Gasteiger charge is -2.27. The Labute approximate surface area is 189 Å². The maximum Gasteiger partial charge on any atom is 0.241 e. The van der Waals surface area contributed by atoms with Crippen molar-refractivity contribution in [3.8, 4) is 0 Å². The van der Waals surface area contributed by atoms with E-state index >= 15 is 0 Å². The number of rotatable bonds is 19. The summed E-state index contributed by atoms with van der Waals surface area (Å²) in [6.45, 7) is 6.71. The second kappa shape index (κ2) is 19.0. The Morgan fingerprint density at radius 1 is 0.903 bits per heavy atom. The normalized spacial score (nSPS) is 15.4. The first-order valence-electron chi connectivity index (χ1n) is 11.8. The van der Waals surface area contributed by atoms with Crippen LogP contribution in [0.1, 0.15) is 65.2 Å². The number of aliphatic hydroxyl groups excluding tert-OH is 2. The number of hydrogen-bond donors (Lipinski definition) is 3. The van der Waals surface area contributed by atoms with Crippen molar-refractivity contribution in [2.45, 2.75) is 77.4 Å². The Hall–Kier alpha value is -1.70. The molecule has 7 heteroatoms. The van der Waals surface area contributed by atoms with Gasteiger partial charge in [0.05, 0.1) is 32.5 Å². The van der Waals surface area contributed by atoms with Gasteiger partial charge < -0.3 is 19.5 Å². The minimum atomic E-state index is -0.458. The summed E-state index contributed by atoms with van der Waals surface area (Å²) in [6, 6.07) is 0. The molecule has 180 valence electrons. The molecule has 0 aliphatic carbocycles. The van der Waals surface area contributed by atoms with E-state index in [0.717, 1.165) is 69.2 Å². The summed E-state index contributed by atoms with van der Waals surface area (Å²) < 4.78 is 1.82. The molecule has 0 aromatic carbocycles. The van der Waals surface area contributed by atoms with Crippen LogP contribution in [0.25, 0.3) is 0 Å². The quantitative estimate of drug-likeness (QED) is 0.0715. The van der Waals surface area contributed by atoms with Gasteiger partial charge in [0.2, 0.25) is 12.8 Å². The molecule has 0 aromatic rings. The molecule has 0 aromatic heterocycles. The largest absolute Gasteiger partial charge is 0.390 e. The molecule has 0 saturated heterocycles. The van der Waals surface area contributed by atoms with Gasteiger partial charge in [-0.05, 0) is 23.7 Å². The average Bonchev–Trinajstić information content (AvgIpc) is 2.72. The van der Waals surface area contributed by atoms with E-state index in [4.69, 9.17) is 4.84 Å². The monoisotopic (exact) mass is 441 g/mol. The molecule has 0 spiro atoms. The molecule has 3 N–H and O–H groups in total. The van der Waals surface area contributed by atoms with Gasteiger partial charge in [-0.3, -0.25) is 5.21 Å². The van der Waals surface area contributed by atoms with Crippen LogP contribution < -0.4 is 0 Å². The fourth-order valence-corrected chi connectivity index (χ4v) is 2.83. The second-order valence-corrected chi connectivity index (χ2v) is 8.68. The molecule has 7 nitrogen and oxygen atoms in total. The number of hydrogen-bond acceptors (Lipinski definition) is 5. The van der Waals surface area contributed by atoms with Crippen molar-refractivity contribution in [1.29, 1.82) is 0 Å². The molecule has 0 aliphatic rings. The van der Waals surface area contributed by atoms with Gasteiger partial charge in [0.1, 0.15) is 13.1 Å². The highest BCUT2D eigenvalue weighted by molar-refractivity contribution is 5.70. The predicted octanol–water partition coefficient (Wildman–Crippen LogP) is 3.53. The van der Waals surface area contributed by atoms with Gasteiger partial charge in [0.25, 0.3) is 0 Å². The molecule has 0 rings (SSSR count). The first-order valence-corrected chi connectivity index (χ1v) is 11.8. The molecule has 0 saturated carbocycles. The molecular weight excluding hydrogens is 394 g/mol. The van der Waals surface area contributed by atoms with E-state index in [9.17, 15) is 15.4 Å². The van der Waals surface area contributed by atoms with Gasteiger partial charge >= 0.3 is 0 Å². The zero-order valence-corrected chi connectivity index (χ0v) is 20.2. The van der Waals surface area contributed by atoms with Gasteiger partial charge in [-0.2, -0.15) is 0 Å². The molecule has 2 atom stereocenters. The minimum Gasteiger partial charge on any atom is -0.390 e. The summed E-state index contributed by atoms with van der Waals surface area (Å²) in [5.41, 5.74) is 0. The van der Waals surface area contributed by atoms with Crippen molar-refractivity contribution in [3.05, 3.63) is 24.3 Å². The predicted molar refractivity (Wildman–Crippen MR) is 128 cm³/mol. The molecule has 0 amide bonds. The highest BCUT2D eigenvalue weighted by Crippen LogP contribution is 2.04. The number of quaternary nitrogens is 1. The zero-order valence-electron chi connectivity index (χ0n) is 20.2. The van der Waals surface area contributed by atoms with Crippen LogP contribution in [-0.4, -0.2) is 89.6 Å². The van der Waals surface area contributed by atoms with Crippen LogP contribution in [0, 0.1) is 0 Å². The molecule has 0 heterocycles. The number of allylic oxidation sites excluding steroid dienone is 2. The van der Waals surface area contributed by atoms with Crippen LogP contribution >= 0.6 is 0 Å². The lowest BCUT2D eigenvalue weighted by atomic mass is 10.1. The number of oxime groups is 1. The van der Waals surface area contributed by atoms with E-state index in [-0.39, 0.29) is 0 Å². The molecule has 0 fully saturated rings. The Morgan fingerprint density at radius 2 is 1.48 bits per heavy atom. The van der Waals surface area contributed by atoms with Crippen molar-refractivity contribution in [2.24, 2.45) is 5.16 Å². The fourth-order valence-electron chi connectivity index (χ4n) is 2.83. The van der Waals surface area contributed by atoms with E-state index in [2.05, 4.69) is 33.1 Å². The summed E-state index contributed by atoms with van der Waals surface area (Å²) in [5.74, 6) is 0. The first kappa shape index (κ1) is 29.3. The Bertz CT molecular complexity index is 545. The highest BCUT2D eigenvalue weighted by Gasteiger charge is 2.18. The van der Waals surface area contributed by atoms with Crippen molar-refractivity contribution in [2.75, 3.05) is 40.3 Å². The number of aliphatic hydroxyl groups is 2.